The summed E-state index contributed by atoms with van der Waals surface area (Å²) in [6.07, 6.45) is 0. The van der Waals surface area contributed by atoms with E-state index < -0.39 is 37.1 Å². The lowest BCUT2D eigenvalue weighted by Gasteiger charge is -2.08. The van der Waals surface area contributed by atoms with Crippen LogP contribution in [0.25, 0.3) is 0 Å². The van der Waals surface area contributed by atoms with E-state index in [1.54, 1.807) is 6.07 Å². The van der Waals surface area contributed by atoms with E-state index in [-0.39, 0.29) is 11.3 Å². The van der Waals surface area contributed by atoms with E-state index in [0.29, 0.717) is 0 Å². The van der Waals surface area contributed by atoms with E-state index in [1.807, 2.05) is 0 Å². The Morgan fingerprint density at radius 1 is 1.05 bits per heavy atom. The van der Waals surface area contributed by atoms with Crippen LogP contribution in [-0.2, 0) is 23.9 Å². The fourth-order valence-electron chi connectivity index (χ4n) is 1.27. The minimum Gasteiger partial charge on any atom is -0.479 e. The first-order chi connectivity index (χ1) is 9.90. The zero-order chi connectivity index (χ0) is 15.8. The molecule has 1 rings (SSSR count). The Morgan fingerprint density at radius 2 is 1.71 bits per heavy atom. The molecule has 1 N–H and O–H groups in total. The van der Waals surface area contributed by atoms with Crippen molar-refractivity contribution in [1.29, 1.82) is 0 Å². The molecule has 0 aliphatic rings. The molecule has 0 unspecified atom stereocenters. The van der Waals surface area contributed by atoms with E-state index in [1.165, 1.54) is 25.1 Å². The SMILES string of the molecule is CC(=O)Oc1ccccc1C(=O)OCC(=O)OCC(=O)O. The van der Waals surface area contributed by atoms with Gasteiger partial charge in [-0.2, -0.15) is 0 Å². The fraction of sp³-hybridized carbons (Fsp3) is 0.231. The van der Waals surface area contributed by atoms with Crippen molar-refractivity contribution < 1.29 is 38.5 Å². The largest absolute Gasteiger partial charge is 0.479 e. The van der Waals surface area contributed by atoms with Crippen LogP contribution in [-0.4, -0.2) is 42.2 Å². The van der Waals surface area contributed by atoms with Gasteiger partial charge < -0.3 is 19.3 Å². The molecule has 0 aliphatic heterocycles. The molecule has 0 amide bonds. The van der Waals surface area contributed by atoms with Crippen LogP contribution in [0.2, 0.25) is 0 Å². The van der Waals surface area contributed by atoms with Crippen LogP contribution in [0.5, 0.6) is 5.75 Å². The van der Waals surface area contributed by atoms with Crippen molar-refractivity contribution >= 4 is 23.9 Å². The first-order valence-corrected chi connectivity index (χ1v) is 5.72. The van der Waals surface area contributed by atoms with E-state index in [4.69, 9.17) is 9.84 Å². The second-order valence-electron chi connectivity index (χ2n) is 3.72. The van der Waals surface area contributed by atoms with Crippen molar-refractivity contribution in [3.63, 3.8) is 0 Å². The normalized spacial score (nSPS) is 9.57. The maximum atomic E-state index is 11.8. The lowest BCUT2D eigenvalue weighted by atomic mass is 10.2. The maximum absolute atomic E-state index is 11.8. The Morgan fingerprint density at radius 3 is 2.33 bits per heavy atom. The first-order valence-electron chi connectivity index (χ1n) is 5.72. The smallest absolute Gasteiger partial charge is 0.344 e. The van der Waals surface area contributed by atoms with Gasteiger partial charge in [0, 0.05) is 6.92 Å². The molecule has 21 heavy (non-hydrogen) atoms. The van der Waals surface area contributed by atoms with Gasteiger partial charge in [0.25, 0.3) is 0 Å². The van der Waals surface area contributed by atoms with Crippen LogP contribution in [0.15, 0.2) is 24.3 Å². The maximum Gasteiger partial charge on any atom is 0.344 e. The molecule has 0 atom stereocenters. The summed E-state index contributed by atoms with van der Waals surface area (Å²) in [5.41, 5.74) is -0.0428. The third kappa shape index (κ3) is 5.72. The molecule has 1 aromatic carbocycles. The standard InChI is InChI=1S/C13H12O8/c1-8(14)21-10-5-3-2-4-9(10)13(18)20-7-12(17)19-6-11(15)16/h2-5H,6-7H2,1H3,(H,15,16). The molecule has 1 aromatic rings. The summed E-state index contributed by atoms with van der Waals surface area (Å²) in [7, 11) is 0. The molecule has 0 spiro atoms. The number of para-hydroxylation sites is 1. The monoisotopic (exact) mass is 296 g/mol. The Kier molecular flexibility index (Phi) is 5.87. The lowest BCUT2D eigenvalue weighted by molar-refractivity contribution is -0.157. The molecule has 0 radical (unpaired) electrons. The van der Waals surface area contributed by atoms with Gasteiger partial charge in [0.05, 0.1) is 0 Å². The molecule has 8 nitrogen and oxygen atoms in total. The van der Waals surface area contributed by atoms with Gasteiger partial charge in [-0.1, -0.05) is 12.1 Å². The minimum absolute atomic E-state index is 0.00565. The summed E-state index contributed by atoms with van der Waals surface area (Å²) in [6, 6.07) is 5.81. The number of esters is 3. The van der Waals surface area contributed by atoms with Crippen molar-refractivity contribution in [2.45, 2.75) is 6.92 Å². The number of hydrogen-bond donors (Lipinski definition) is 1. The van der Waals surface area contributed by atoms with Crippen LogP contribution >= 0.6 is 0 Å². The van der Waals surface area contributed by atoms with Crippen molar-refractivity contribution in [3.05, 3.63) is 29.8 Å². The van der Waals surface area contributed by atoms with Crippen molar-refractivity contribution in [1.82, 2.24) is 0 Å². The molecule has 0 aromatic heterocycles. The Labute approximate surface area is 119 Å². The Balaban J connectivity index is 2.61. The van der Waals surface area contributed by atoms with E-state index >= 15 is 0 Å². The predicted octanol–water partition coefficient (Wildman–Crippen LogP) is 0.396. The lowest BCUT2D eigenvalue weighted by Crippen LogP contribution is -2.20. The number of hydrogen-bond acceptors (Lipinski definition) is 7. The van der Waals surface area contributed by atoms with Gasteiger partial charge in [0.15, 0.2) is 13.2 Å². The third-order valence-electron chi connectivity index (χ3n) is 2.04. The molecule has 0 bridgehead atoms. The highest BCUT2D eigenvalue weighted by Crippen LogP contribution is 2.19. The highest BCUT2D eigenvalue weighted by Gasteiger charge is 2.17. The fourth-order valence-corrected chi connectivity index (χ4v) is 1.27. The zero-order valence-electron chi connectivity index (χ0n) is 11.0. The summed E-state index contributed by atoms with van der Waals surface area (Å²) < 4.78 is 13.7. The summed E-state index contributed by atoms with van der Waals surface area (Å²) in [6.45, 7) is -0.397. The Hall–Kier alpha value is -2.90. The predicted molar refractivity (Wildman–Crippen MR) is 66.6 cm³/mol. The van der Waals surface area contributed by atoms with Crippen LogP contribution in [0.1, 0.15) is 17.3 Å². The van der Waals surface area contributed by atoms with Gasteiger partial charge in [-0.25, -0.2) is 14.4 Å². The Bertz CT molecular complexity index is 563. The molecular formula is C13H12O8. The van der Waals surface area contributed by atoms with E-state index in [2.05, 4.69) is 9.47 Å². The molecular weight excluding hydrogens is 284 g/mol. The van der Waals surface area contributed by atoms with Gasteiger partial charge in [-0.15, -0.1) is 0 Å². The number of aliphatic carboxylic acids is 1. The third-order valence-corrected chi connectivity index (χ3v) is 2.04. The van der Waals surface area contributed by atoms with Crippen LogP contribution < -0.4 is 4.74 Å². The number of rotatable bonds is 6. The number of carboxylic acid groups (broad SMARTS) is 1. The van der Waals surface area contributed by atoms with Gasteiger partial charge >= 0.3 is 23.9 Å². The van der Waals surface area contributed by atoms with Crippen molar-refractivity contribution in [3.8, 4) is 5.75 Å². The quantitative estimate of drug-likeness (QED) is 0.592. The van der Waals surface area contributed by atoms with E-state index in [9.17, 15) is 19.2 Å². The minimum atomic E-state index is -1.32. The number of carboxylic acids is 1. The molecule has 112 valence electrons. The van der Waals surface area contributed by atoms with Crippen LogP contribution in [0, 0.1) is 0 Å². The molecule has 0 fully saturated rings. The summed E-state index contributed by atoms with van der Waals surface area (Å²) in [5.74, 6) is -3.85. The van der Waals surface area contributed by atoms with Crippen molar-refractivity contribution in [2.24, 2.45) is 0 Å². The molecule has 0 saturated carbocycles. The topological polar surface area (TPSA) is 116 Å². The number of ether oxygens (including phenoxy) is 3. The summed E-state index contributed by atoms with van der Waals surface area (Å²) in [4.78, 5) is 43.9. The average Bonchev–Trinajstić information content (AvgIpc) is 2.42. The number of benzene rings is 1. The summed E-state index contributed by atoms with van der Waals surface area (Å²) >= 11 is 0. The highest BCUT2D eigenvalue weighted by atomic mass is 16.6. The number of carbonyl (C=O) groups excluding carboxylic acids is 3. The van der Waals surface area contributed by atoms with Gasteiger partial charge in [0.1, 0.15) is 11.3 Å². The van der Waals surface area contributed by atoms with Gasteiger partial charge in [0.2, 0.25) is 0 Å². The second kappa shape index (κ2) is 7.63. The van der Waals surface area contributed by atoms with Crippen LogP contribution in [0.4, 0.5) is 0 Å². The van der Waals surface area contributed by atoms with Crippen LogP contribution in [0.3, 0.4) is 0 Å². The second-order valence-corrected chi connectivity index (χ2v) is 3.72. The van der Waals surface area contributed by atoms with E-state index in [0.717, 1.165) is 0 Å². The van der Waals surface area contributed by atoms with Gasteiger partial charge in [-0.05, 0) is 12.1 Å². The van der Waals surface area contributed by atoms with Crippen molar-refractivity contribution in [2.75, 3.05) is 13.2 Å². The highest BCUT2D eigenvalue weighted by molar-refractivity contribution is 5.94. The average molecular weight is 296 g/mol. The first kappa shape index (κ1) is 16.2. The molecule has 0 heterocycles. The summed E-state index contributed by atoms with van der Waals surface area (Å²) in [5, 5.41) is 8.30. The van der Waals surface area contributed by atoms with Gasteiger partial charge in [-0.3, -0.25) is 4.79 Å². The number of carbonyl (C=O) groups is 4. The molecule has 8 heteroatoms. The molecule has 0 saturated heterocycles. The zero-order valence-corrected chi connectivity index (χ0v) is 11.0. The molecule has 0 aliphatic carbocycles.